The van der Waals surface area contributed by atoms with Crippen LogP contribution in [0.1, 0.15) is 5.69 Å². The molecule has 1 aromatic heterocycles. The van der Waals surface area contributed by atoms with Crippen LogP contribution >= 0.6 is 0 Å². The zero-order chi connectivity index (χ0) is 12.5. The molecule has 0 saturated heterocycles. The number of rotatable bonds is 4. The summed E-state index contributed by atoms with van der Waals surface area (Å²) < 4.78 is 0. The lowest BCUT2D eigenvalue weighted by molar-refractivity contribution is -0.139. The van der Waals surface area contributed by atoms with Crippen LogP contribution in [-0.2, 0) is 9.59 Å². The molecule has 0 aliphatic carbocycles. The molecule has 0 spiro atoms. The first kappa shape index (κ1) is 12.6. The van der Waals surface area contributed by atoms with Crippen LogP contribution in [0, 0.1) is 0 Å². The summed E-state index contributed by atoms with van der Waals surface area (Å²) >= 11 is 0. The van der Waals surface area contributed by atoms with E-state index in [9.17, 15) is 9.59 Å². The van der Waals surface area contributed by atoms with Crippen LogP contribution in [0.3, 0.4) is 0 Å². The Hall–Kier alpha value is -2.50. The maximum absolute atomic E-state index is 11.1. The van der Waals surface area contributed by atoms with E-state index in [0.717, 1.165) is 0 Å². The molecule has 6 heteroatoms. The molecule has 0 bridgehead atoms. The topological polar surface area (TPSA) is 83.5 Å². The Morgan fingerprint density at radius 3 is 2.88 bits per heavy atom. The van der Waals surface area contributed by atoms with Gasteiger partial charge in [0.15, 0.2) is 0 Å². The number of aromatic nitrogens is 1. The first-order valence-electron chi connectivity index (χ1n) is 4.87. The van der Waals surface area contributed by atoms with Crippen molar-refractivity contribution in [1.29, 1.82) is 0 Å². The molecule has 0 atom stereocenters. The fourth-order valence-corrected chi connectivity index (χ4v) is 0.905. The van der Waals surface area contributed by atoms with Crippen LogP contribution < -0.4 is 10.7 Å². The molecule has 2 amide bonds. The summed E-state index contributed by atoms with van der Waals surface area (Å²) in [7, 11) is 0. The summed E-state index contributed by atoms with van der Waals surface area (Å²) in [6.45, 7) is 3.64. The maximum Gasteiger partial charge on any atom is 0.329 e. The Bertz CT molecular complexity index is 428. The fraction of sp³-hybridized carbons (Fsp3) is 0.0909. The van der Waals surface area contributed by atoms with E-state index < -0.39 is 11.8 Å². The molecule has 0 fully saturated rings. The highest BCUT2D eigenvalue weighted by atomic mass is 16.2. The highest BCUT2D eigenvalue weighted by Gasteiger charge is 2.10. The Kier molecular flexibility index (Phi) is 5.09. The van der Waals surface area contributed by atoms with E-state index >= 15 is 0 Å². The van der Waals surface area contributed by atoms with Gasteiger partial charge in [0.2, 0.25) is 0 Å². The van der Waals surface area contributed by atoms with Gasteiger partial charge in [0, 0.05) is 12.7 Å². The van der Waals surface area contributed by atoms with Gasteiger partial charge in [-0.1, -0.05) is 12.1 Å². The van der Waals surface area contributed by atoms with Gasteiger partial charge >= 0.3 is 11.8 Å². The maximum atomic E-state index is 11.1. The van der Waals surface area contributed by atoms with Gasteiger partial charge in [-0.2, -0.15) is 5.10 Å². The van der Waals surface area contributed by atoms with E-state index in [1.54, 1.807) is 24.4 Å². The van der Waals surface area contributed by atoms with E-state index in [1.165, 1.54) is 12.3 Å². The van der Waals surface area contributed by atoms with Crippen LogP contribution in [0.5, 0.6) is 0 Å². The molecule has 88 valence electrons. The second kappa shape index (κ2) is 6.89. The molecular formula is C11H12N4O2. The first-order valence-corrected chi connectivity index (χ1v) is 4.87. The number of pyridine rings is 1. The van der Waals surface area contributed by atoms with Crippen molar-refractivity contribution in [2.45, 2.75) is 0 Å². The van der Waals surface area contributed by atoms with Crippen molar-refractivity contribution in [2.75, 3.05) is 6.54 Å². The largest absolute Gasteiger partial charge is 0.344 e. The number of hydrogen-bond donors (Lipinski definition) is 2. The van der Waals surface area contributed by atoms with Gasteiger partial charge in [0.1, 0.15) is 0 Å². The zero-order valence-corrected chi connectivity index (χ0v) is 9.09. The normalized spacial score (nSPS) is 9.88. The molecule has 0 radical (unpaired) electrons. The number of nitrogens with zero attached hydrogens (tertiary/aromatic N) is 2. The standard InChI is InChI=1S/C11H12N4O2/c1-2-6-13-10(16)11(17)15-14-8-9-5-3-4-7-12-9/h2-5,7-8H,1,6H2,(H,13,16)(H,15,17)/b14-8-. The van der Waals surface area contributed by atoms with Gasteiger partial charge in [-0.3, -0.25) is 14.6 Å². The summed E-state index contributed by atoms with van der Waals surface area (Å²) in [5.74, 6) is -1.60. The molecule has 0 aliphatic heterocycles. The third-order valence-electron chi connectivity index (χ3n) is 1.66. The summed E-state index contributed by atoms with van der Waals surface area (Å²) in [4.78, 5) is 26.2. The Labute approximate surface area is 98.4 Å². The summed E-state index contributed by atoms with van der Waals surface area (Å²) in [5.41, 5.74) is 2.67. The molecule has 2 N–H and O–H groups in total. The molecular weight excluding hydrogens is 220 g/mol. The van der Waals surface area contributed by atoms with Gasteiger partial charge in [0.05, 0.1) is 11.9 Å². The van der Waals surface area contributed by atoms with Crippen LogP contribution in [0.25, 0.3) is 0 Å². The van der Waals surface area contributed by atoms with Crippen LogP contribution in [-0.4, -0.2) is 29.6 Å². The SMILES string of the molecule is C=CCNC(=O)C(=O)N/N=C\c1ccccn1. The third kappa shape index (κ3) is 4.70. The molecule has 0 aliphatic rings. The number of amides is 2. The van der Waals surface area contributed by atoms with Crippen molar-refractivity contribution >= 4 is 18.0 Å². The lowest BCUT2D eigenvalue weighted by atomic mass is 10.4. The molecule has 0 saturated carbocycles. The van der Waals surface area contributed by atoms with E-state index in [2.05, 4.69) is 27.4 Å². The molecule has 1 rings (SSSR count). The Balaban J connectivity index is 2.40. The number of hydrazone groups is 1. The second-order valence-electron chi connectivity index (χ2n) is 2.95. The summed E-state index contributed by atoms with van der Waals surface area (Å²) in [6, 6.07) is 5.26. The van der Waals surface area contributed by atoms with Crippen molar-refractivity contribution in [2.24, 2.45) is 5.10 Å². The van der Waals surface area contributed by atoms with Crippen molar-refractivity contribution < 1.29 is 9.59 Å². The van der Waals surface area contributed by atoms with Crippen molar-refractivity contribution in [1.82, 2.24) is 15.7 Å². The zero-order valence-electron chi connectivity index (χ0n) is 9.09. The van der Waals surface area contributed by atoms with Crippen molar-refractivity contribution in [3.05, 3.63) is 42.7 Å². The predicted octanol–water partition coefficient (Wildman–Crippen LogP) is -0.166. The molecule has 6 nitrogen and oxygen atoms in total. The minimum Gasteiger partial charge on any atom is -0.344 e. The minimum absolute atomic E-state index is 0.232. The second-order valence-corrected chi connectivity index (χ2v) is 2.95. The van der Waals surface area contributed by atoms with E-state index in [-0.39, 0.29) is 6.54 Å². The number of carbonyl (C=O) groups excluding carboxylic acids is 2. The summed E-state index contributed by atoms with van der Waals surface area (Å²) in [5, 5.41) is 5.92. The molecule has 1 heterocycles. The quantitative estimate of drug-likeness (QED) is 0.327. The first-order chi connectivity index (χ1) is 8.24. The number of hydrogen-bond acceptors (Lipinski definition) is 4. The third-order valence-corrected chi connectivity index (χ3v) is 1.66. The molecule has 0 unspecified atom stereocenters. The Morgan fingerprint density at radius 2 is 2.24 bits per heavy atom. The van der Waals surface area contributed by atoms with E-state index in [1.807, 2.05) is 0 Å². The van der Waals surface area contributed by atoms with Crippen LogP contribution in [0.15, 0.2) is 42.2 Å². The minimum atomic E-state index is -0.834. The Morgan fingerprint density at radius 1 is 1.41 bits per heavy atom. The highest BCUT2D eigenvalue weighted by molar-refractivity contribution is 6.35. The van der Waals surface area contributed by atoms with Gasteiger partial charge in [0.25, 0.3) is 0 Å². The van der Waals surface area contributed by atoms with Crippen LogP contribution in [0.4, 0.5) is 0 Å². The monoisotopic (exact) mass is 232 g/mol. The van der Waals surface area contributed by atoms with E-state index in [4.69, 9.17) is 0 Å². The van der Waals surface area contributed by atoms with E-state index in [0.29, 0.717) is 5.69 Å². The van der Waals surface area contributed by atoms with Gasteiger partial charge in [-0.05, 0) is 12.1 Å². The summed E-state index contributed by atoms with van der Waals surface area (Å²) in [6.07, 6.45) is 4.42. The average molecular weight is 232 g/mol. The van der Waals surface area contributed by atoms with Crippen molar-refractivity contribution in [3.8, 4) is 0 Å². The predicted molar refractivity (Wildman–Crippen MR) is 63.2 cm³/mol. The molecule has 17 heavy (non-hydrogen) atoms. The van der Waals surface area contributed by atoms with Gasteiger partial charge < -0.3 is 5.32 Å². The van der Waals surface area contributed by atoms with Crippen LogP contribution in [0.2, 0.25) is 0 Å². The smallest absolute Gasteiger partial charge is 0.329 e. The lowest BCUT2D eigenvalue weighted by Gasteiger charge is -1.99. The number of nitrogens with one attached hydrogen (secondary N) is 2. The highest BCUT2D eigenvalue weighted by Crippen LogP contribution is 1.87. The van der Waals surface area contributed by atoms with Crippen molar-refractivity contribution in [3.63, 3.8) is 0 Å². The molecule has 1 aromatic rings. The van der Waals surface area contributed by atoms with Gasteiger partial charge in [-0.15, -0.1) is 6.58 Å². The molecule has 0 aromatic carbocycles. The fourth-order valence-electron chi connectivity index (χ4n) is 0.905. The number of carbonyl (C=O) groups is 2. The van der Waals surface area contributed by atoms with Gasteiger partial charge in [-0.25, -0.2) is 5.43 Å². The lowest BCUT2D eigenvalue weighted by Crippen LogP contribution is -2.37. The average Bonchev–Trinajstić information content (AvgIpc) is 2.37.